The third-order valence-electron chi connectivity index (χ3n) is 5.60. The standard InChI is InChI=1S/C20H31N3O2.HI/c1-4-21-19(23-13-11-20(15-23)9-5-10-20)22-12-8-16-6-7-17(24-2)18(14-16)25-3;/h6-7,14H,4-5,8-13,15H2,1-3H3,(H,21,22);1H. The average molecular weight is 473 g/mol. The van der Waals surface area contributed by atoms with Gasteiger partial charge < -0.3 is 19.7 Å². The molecule has 0 atom stereocenters. The molecule has 6 heteroatoms. The maximum Gasteiger partial charge on any atom is 0.193 e. The summed E-state index contributed by atoms with van der Waals surface area (Å²) >= 11 is 0. The number of benzene rings is 1. The molecule has 1 saturated heterocycles. The van der Waals surface area contributed by atoms with E-state index in [0.29, 0.717) is 5.41 Å². The minimum Gasteiger partial charge on any atom is -0.493 e. The van der Waals surface area contributed by atoms with Crippen molar-refractivity contribution in [3.63, 3.8) is 0 Å². The highest BCUT2D eigenvalue weighted by molar-refractivity contribution is 14.0. The molecule has 0 radical (unpaired) electrons. The first kappa shape index (κ1) is 21.1. The number of hydrogen-bond donors (Lipinski definition) is 1. The van der Waals surface area contributed by atoms with Crippen LogP contribution in [0.1, 0.15) is 38.2 Å². The fourth-order valence-corrected chi connectivity index (χ4v) is 3.95. The quantitative estimate of drug-likeness (QED) is 0.389. The van der Waals surface area contributed by atoms with Crippen LogP contribution >= 0.6 is 24.0 Å². The number of aliphatic imine (C=N–C) groups is 1. The summed E-state index contributed by atoms with van der Waals surface area (Å²) in [5.41, 5.74) is 1.81. The second-order valence-electron chi connectivity index (χ2n) is 7.20. The van der Waals surface area contributed by atoms with Crippen LogP contribution in [0.15, 0.2) is 23.2 Å². The lowest BCUT2D eigenvalue weighted by atomic mass is 9.68. The predicted molar refractivity (Wildman–Crippen MR) is 117 cm³/mol. The molecule has 1 spiro atoms. The Bertz CT molecular complexity index is 617. The van der Waals surface area contributed by atoms with E-state index < -0.39 is 0 Å². The van der Waals surface area contributed by atoms with E-state index in [1.807, 2.05) is 12.1 Å². The number of hydrogen-bond acceptors (Lipinski definition) is 3. The molecule has 1 aliphatic carbocycles. The van der Waals surface area contributed by atoms with Crippen LogP contribution in [0.4, 0.5) is 0 Å². The van der Waals surface area contributed by atoms with E-state index in [4.69, 9.17) is 14.5 Å². The molecule has 5 nitrogen and oxygen atoms in total. The lowest BCUT2D eigenvalue weighted by Gasteiger charge is -2.38. The molecule has 146 valence electrons. The summed E-state index contributed by atoms with van der Waals surface area (Å²) in [5, 5.41) is 3.47. The summed E-state index contributed by atoms with van der Waals surface area (Å²) in [7, 11) is 3.34. The van der Waals surface area contributed by atoms with Gasteiger partial charge in [0.2, 0.25) is 0 Å². The molecule has 2 aliphatic rings. The van der Waals surface area contributed by atoms with Gasteiger partial charge >= 0.3 is 0 Å². The first-order chi connectivity index (χ1) is 12.2. The van der Waals surface area contributed by atoms with E-state index in [9.17, 15) is 0 Å². The fraction of sp³-hybridized carbons (Fsp3) is 0.650. The molecule has 1 aromatic rings. The maximum absolute atomic E-state index is 5.38. The number of guanidine groups is 1. The molecular weight excluding hydrogens is 441 g/mol. The molecule has 3 rings (SSSR count). The predicted octanol–water partition coefficient (Wildman–Crippen LogP) is 3.71. The second kappa shape index (κ2) is 9.67. The number of halogens is 1. The zero-order chi connectivity index (χ0) is 17.7. The van der Waals surface area contributed by atoms with Gasteiger partial charge in [-0.25, -0.2) is 0 Å². The Morgan fingerprint density at radius 2 is 1.96 bits per heavy atom. The van der Waals surface area contributed by atoms with Crippen LogP contribution in [-0.2, 0) is 6.42 Å². The lowest BCUT2D eigenvalue weighted by Crippen LogP contribution is -2.42. The van der Waals surface area contributed by atoms with Crippen molar-refractivity contribution < 1.29 is 9.47 Å². The van der Waals surface area contributed by atoms with Crippen molar-refractivity contribution in [2.75, 3.05) is 40.4 Å². The highest BCUT2D eigenvalue weighted by atomic mass is 127. The second-order valence-corrected chi connectivity index (χ2v) is 7.20. The molecule has 0 unspecified atom stereocenters. The highest BCUT2D eigenvalue weighted by Crippen LogP contribution is 2.47. The van der Waals surface area contributed by atoms with Gasteiger partial charge in [0, 0.05) is 26.2 Å². The van der Waals surface area contributed by atoms with Crippen molar-refractivity contribution in [3.05, 3.63) is 23.8 Å². The molecule has 0 aromatic heterocycles. The largest absolute Gasteiger partial charge is 0.493 e. The number of rotatable bonds is 6. The van der Waals surface area contributed by atoms with E-state index in [2.05, 4.69) is 23.2 Å². The first-order valence-corrected chi connectivity index (χ1v) is 9.44. The van der Waals surface area contributed by atoms with E-state index in [-0.39, 0.29) is 24.0 Å². The van der Waals surface area contributed by atoms with Gasteiger partial charge in [-0.3, -0.25) is 4.99 Å². The van der Waals surface area contributed by atoms with Crippen LogP contribution in [0.3, 0.4) is 0 Å². The van der Waals surface area contributed by atoms with Crippen molar-refractivity contribution in [1.82, 2.24) is 10.2 Å². The van der Waals surface area contributed by atoms with Crippen LogP contribution < -0.4 is 14.8 Å². The molecule has 2 fully saturated rings. The Morgan fingerprint density at radius 1 is 1.19 bits per heavy atom. The minimum absolute atomic E-state index is 0. The van der Waals surface area contributed by atoms with Gasteiger partial charge in [0.15, 0.2) is 17.5 Å². The molecular formula is C20H32IN3O2. The Kier molecular flexibility index (Phi) is 7.85. The third-order valence-corrected chi connectivity index (χ3v) is 5.60. The molecule has 1 heterocycles. The lowest BCUT2D eigenvalue weighted by molar-refractivity contribution is 0.151. The Hall–Kier alpha value is -1.18. The normalized spacial score (nSPS) is 18.3. The molecule has 26 heavy (non-hydrogen) atoms. The van der Waals surface area contributed by atoms with Gasteiger partial charge in [-0.15, -0.1) is 24.0 Å². The van der Waals surface area contributed by atoms with Crippen LogP contribution in [0.25, 0.3) is 0 Å². The first-order valence-electron chi connectivity index (χ1n) is 9.44. The van der Waals surface area contributed by atoms with Crippen molar-refractivity contribution in [2.24, 2.45) is 10.4 Å². The maximum atomic E-state index is 5.38. The SMILES string of the molecule is CCNC(=NCCc1ccc(OC)c(OC)c1)N1CCC2(CCC2)C1.I. The number of nitrogens with zero attached hydrogens (tertiary/aromatic N) is 2. The summed E-state index contributed by atoms with van der Waals surface area (Å²) in [5.74, 6) is 2.63. The molecule has 0 amide bonds. The Balaban J connectivity index is 0.00000243. The smallest absolute Gasteiger partial charge is 0.193 e. The highest BCUT2D eigenvalue weighted by Gasteiger charge is 2.43. The molecule has 1 aromatic carbocycles. The van der Waals surface area contributed by atoms with E-state index in [0.717, 1.165) is 43.5 Å². The number of ether oxygens (including phenoxy) is 2. The summed E-state index contributed by atoms with van der Waals surface area (Å²) in [6.45, 7) is 6.15. The molecule has 0 bridgehead atoms. The van der Waals surface area contributed by atoms with Crippen LogP contribution in [-0.4, -0.2) is 51.3 Å². The summed E-state index contributed by atoms with van der Waals surface area (Å²) in [4.78, 5) is 7.33. The van der Waals surface area contributed by atoms with Crippen molar-refractivity contribution >= 4 is 29.9 Å². The van der Waals surface area contributed by atoms with Gasteiger partial charge in [0.1, 0.15) is 0 Å². The Morgan fingerprint density at radius 3 is 2.54 bits per heavy atom. The zero-order valence-electron chi connectivity index (χ0n) is 16.2. The zero-order valence-corrected chi connectivity index (χ0v) is 18.5. The monoisotopic (exact) mass is 473 g/mol. The fourth-order valence-electron chi connectivity index (χ4n) is 3.95. The van der Waals surface area contributed by atoms with Crippen molar-refractivity contribution in [3.8, 4) is 11.5 Å². The number of methoxy groups -OCH3 is 2. The topological polar surface area (TPSA) is 46.1 Å². The summed E-state index contributed by atoms with van der Waals surface area (Å²) in [6.07, 6.45) is 6.42. The van der Waals surface area contributed by atoms with Crippen LogP contribution in [0.2, 0.25) is 0 Å². The van der Waals surface area contributed by atoms with Crippen molar-refractivity contribution in [2.45, 2.75) is 39.0 Å². The number of likely N-dealkylation sites (tertiary alicyclic amines) is 1. The van der Waals surface area contributed by atoms with E-state index in [1.54, 1.807) is 14.2 Å². The minimum atomic E-state index is 0. The average Bonchev–Trinajstić information content (AvgIpc) is 3.07. The Labute approximate surface area is 174 Å². The molecule has 1 saturated carbocycles. The van der Waals surface area contributed by atoms with Gasteiger partial charge in [0.25, 0.3) is 0 Å². The van der Waals surface area contributed by atoms with Crippen LogP contribution in [0.5, 0.6) is 11.5 Å². The molecule has 1 N–H and O–H groups in total. The van der Waals surface area contributed by atoms with E-state index in [1.165, 1.54) is 37.8 Å². The van der Waals surface area contributed by atoms with Gasteiger partial charge in [0.05, 0.1) is 14.2 Å². The van der Waals surface area contributed by atoms with Crippen molar-refractivity contribution in [1.29, 1.82) is 0 Å². The van der Waals surface area contributed by atoms with Gasteiger partial charge in [-0.1, -0.05) is 12.5 Å². The third kappa shape index (κ3) is 4.75. The number of nitrogens with one attached hydrogen (secondary N) is 1. The van der Waals surface area contributed by atoms with Gasteiger partial charge in [-0.05, 0) is 55.7 Å². The van der Waals surface area contributed by atoms with E-state index >= 15 is 0 Å². The summed E-state index contributed by atoms with van der Waals surface area (Å²) < 4.78 is 10.7. The summed E-state index contributed by atoms with van der Waals surface area (Å²) in [6, 6.07) is 6.09. The van der Waals surface area contributed by atoms with Gasteiger partial charge in [-0.2, -0.15) is 0 Å². The van der Waals surface area contributed by atoms with Crippen LogP contribution in [0, 0.1) is 5.41 Å². The molecule has 1 aliphatic heterocycles.